The summed E-state index contributed by atoms with van der Waals surface area (Å²) in [6.45, 7) is 4.46. The van der Waals surface area contributed by atoms with E-state index in [-0.39, 0.29) is 11.8 Å². The van der Waals surface area contributed by atoms with Crippen molar-refractivity contribution in [3.8, 4) is 0 Å². The fourth-order valence-electron chi connectivity index (χ4n) is 2.30. The van der Waals surface area contributed by atoms with Gasteiger partial charge in [-0.15, -0.1) is 0 Å². The Morgan fingerprint density at radius 1 is 1.62 bits per heavy atom. The van der Waals surface area contributed by atoms with Gasteiger partial charge < -0.3 is 16.0 Å². The Balaban J connectivity index is 2.27. The summed E-state index contributed by atoms with van der Waals surface area (Å²) in [6, 6.07) is 0.518. The van der Waals surface area contributed by atoms with E-state index in [1.54, 1.807) is 0 Å². The highest BCUT2D eigenvalue weighted by molar-refractivity contribution is 5.78. The Labute approximate surface area is 98.6 Å². The van der Waals surface area contributed by atoms with Crippen LogP contribution in [0.15, 0.2) is 0 Å². The number of nitrogens with two attached hydrogens (primary N) is 1. The molecule has 1 aliphatic rings. The molecule has 2 unspecified atom stereocenters. The summed E-state index contributed by atoms with van der Waals surface area (Å²) in [4.78, 5) is 14.1. The normalized spacial score (nSPS) is 23.3. The molecule has 0 bridgehead atoms. The topological polar surface area (TPSA) is 58.4 Å². The second-order valence-electron chi connectivity index (χ2n) is 4.74. The molecule has 16 heavy (non-hydrogen) atoms. The third-order valence-electron chi connectivity index (χ3n) is 3.48. The molecule has 0 aliphatic carbocycles. The summed E-state index contributed by atoms with van der Waals surface area (Å²) in [5.41, 5.74) is 5.60. The molecule has 1 heterocycles. The number of carbonyl (C=O) groups is 1. The van der Waals surface area contributed by atoms with Crippen LogP contribution in [0, 0.1) is 5.92 Å². The fraction of sp³-hybridized carbons (Fsp3) is 0.917. The first-order chi connectivity index (χ1) is 7.69. The molecule has 0 radical (unpaired) electrons. The van der Waals surface area contributed by atoms with Crippen molar-refractivity contribution in [3.63, 3.8) is 0 Å². The Hall–Kier alpha value is -0.610. The zero-order chi connectivity index (χ0) is 12.0. The van der Waals surface area contributed by atoms with Gasteiger partial charge in [0.25, 0.3) is 0 Å². The van der Waals surface area contributed by atoms with Gasteiger partial charge in [-0.2, -0.15) is 0 Å². The highest BCUT2D eigenvalue weighted by Crippen LogP contribution is 2.14. The van der Waals surface area contributed by atoms with Crippen LogP contribution < -0.4 is 11.1 Å². The van der Waals surface area contributed by atoms with E-state index < -0.39 is 0 Å². The second kappa shape index (κ2) is 6.86. The third kappa shape index (κ3) is 3.76. The summed E-state index contributed by atoms with van der Waals surface area (Å²) in [5, 5.41) is 3.03. The molecule has 1 saturated heterocycles. The molecule has 94 valence electrons. The number of likely N-dealkylation sites (N-methyl/N-ethyl adjacent to an activating group) is 1. The molecule has 0 saturated carbocycles. The SMILES string of the molecule is CCCC(CN)C(=O)NCC1CCCN1C. The van der Waals surface area contributed by atoms with Gasteiger partial charge in [-0.3, -0.25) is 4.79 Å². The number of nitrogens with one attached hydrogen (secondary N) is 1. The van der Waals surface area contributed by atoms with Crippen molar-refractivity contribution in [2.45, 2.75) is 38.6 Å². The number of likely N-dealkylation sites (tertiary alicyclic amines) is 1. The minimum Gasteiger partial charge on any atom is -0.354 e. The van der Waals surface area contributed by atoms with E-state index in [2.05, 4.69) is 24.2 Å². The van der Waals surface area contributed by atoms with Crippen LogP contribution in [-0.4, -0.2) is 43.5 Å². The zero-order valence-electron chi connectivity index (χ0n) is 10.5. The number of hydrogen-bond donors (Lipinski definition) is 2. The van der Waals surface area contributed by atoms with Gasteiger partial charge in [-0.05, 0) is 32.9 Å². The number of carbonyl (C=O) groups excluding carboxylic acids is 1. The summed E-state index contributed by atoms with van der Waals surface area (Å²) in [5.74, 6) is 0.126. The fourth-order valence-corrected chi connectivity index (χ4v) is 2.30. The summed E-state index contributed by atoms with van der Waals surface area (Å²) in [6.07, 6.45) is 4.34. The molecule has 1 rings (SSSR count). The molecule has 0 aromatic rings. The van der Waals surface area contributed by atoms with Crippen LogP contribution in [0.4, 0.5) is 0 Å². The standard InChI is InChI=1S/C12H25N3O/c1-3-5-10(8-13)12(16)14-9-11-6-4-7-15(11)2/h10-11H,3-9,13H2,1-2H3,(H,14,16). The maximum absolute atomic E-state index is 11.8. The van der Waals surface area contributed by atoms with Crippen LogP contribution in [0.5, 0.6) is 0 Å². The minimum absolute atomic E-state index is 0.00305. The van der Waals surface area contributed by atoms with E-state index in [1.165, 1.54) is 12.8 Å². The molecule has 0 spiro atoms. The lowest BCUT2D eigenvalue weighted by Gasteiger charge is -2.21. The Morgan fingerprint density at radius 2 is 2.38 bits per heavy atom. The van der Waals surface area contributed by atoms with Gasteiger partial charge >= 0.3 is 0 Å². The van der Waals surface area contributed by atoms with Crippen LogP contribution >= 0.6 is 0 Å². The van der Waals surface area contributed by atoms with Crippen molar-refractivity contribution in [2.24, 2.45) is 11.7 Å². The lowest BCUT2D eigenvalue weighted by Crippen LogP contribution is -2.42. The van der Waals surface area contributed by atoms with E-state index in [0.29, 0.717) is 12.6 Å². The molecular weight excluding hydrogens is 202 g/mol. The summed E-state index contributed by atoms with van der Waals surface area (Å²) >= 11 is 0. The van der Waals surface area contributed by atoms with Crippen molar-refractivity contribution in [3.05, 3.63) is 0 Å². The third-order valence-corrected chi connectivity index (χ3v) is 3.48. The number of nitrogens with zero attached hydrogens (tertiary/aromatic N) is 1. The van der Waals surface area contributed by atoms with Gasteiger partial charge in [0.1, 0.15) is 0 Å². The van der Waals surface area contributed by atoms with E-state index >= 15 is 0 Å². The van der Waals surface area contributed by atoms with Crippen molar-refractivity contribution in [1.29, 1.82) is 0 Å². The molecule has 1 aliphatic heterocycles. The Morgan fingerprint density at radius 3 is 2.88 bits per heavy atom. The predicted octanol–water partition coefficient (Wildman–Crippen LogP) is 0.572. The van der Waals surface area contributed by atoms with E-state index in [1.807, 2.05) is 0 Å². The molecule has 4 nitrogen and oxygen atoms in total. The first-order valence-electron chi connectivity index (χ1n) is 6.37. The second-order valence-corrected chi connectivity index (χ2v) is 4.74. The van der Waals surface area contributed by atoms with Crippen LogP contribution in [0.1, 0.15) is 32.6 Å². The summed E-state index contributed by atoms with van der Waals surface area (Å²) in [7, 11) is 2.12. The van der Waals surface area contributed by atoms with Crippen LogP contribution in [0.3, 0.4) is 0 Å². The smallest absolute Gasteiger partial charge is 0.224 e. The molecular formula is C12H25N3O. The van der Waals surface area contributed by atoms with E-state index in [9.17, 15) is 4.79 Å². The molecule has 3 N–H and O–H groups in total. The number of rotatable bonds is 6. The van der Waals surface area contributed by atoms with Crippen molar-refractivity contribution >= 4 is 5.91 Å². The summed E-state index contributed by atoms with van der Waals surface area (Å²) < 4.78 is 0. The first kappa shape index (κ1) is 13.5. The van der Waals surface area contributed by atoms with Gasteiger partial charge in [0.05, 0.1) is 5.92 Å². The largest absolute Gasteiger partial charge is 0.354 e. The monoisotopic (exact) mass is 227 g/mol. The average Bonchev–Trinajstić information content (AvgIpc) is 2.68. The highest BCUT2D eigenvalue weighted by Gasteiger charge is 2.22. The first-order valence-corrected chi connectivity index (χ1v) is 6.37. The molecule has 1 fully saturated rings. The Bertz CT molecular complexity index is 220. The lowest BCUT2D eigenvalue weighted by molar-refractivity contribution is -0.125. The molecule has 2 atom stereocenters. The maximum Gasteiger partial charge on any atom is 0.224 e. The van der Waals surface area contributed by atoms with E-state index in [4.69, 9.17) is 5.73 Å². The van der Waals surface area contributed by atoms with Crippen LogP contribution in [0.2, 0.25) is 0 Å². The van der Waals surface area contributed by atoms with Gasteiger partial charge in [-0.25, -0.2) is 0 Å². The quantitative estimate of drug-likeness (QED) is 0.697. The predicted molar refractivity (Wildman–Crippen MR) is 66.1 cm³/mol. The van der Waals surface area contributed by atoms with E-state index in [0.717, 1.165) is 25.9 Å². The molecule has 4 heteroatoms. The lowest BCUT2D eigenvalue weighted by atomic mass is 10.0. The number of hydrogen-bond acceptors (Lipinski definition) is 3. The van der Waals surface area contributed by atoms with Crippen LogP contribution in [-0.2, 0) is 4.79 Å². The highest BCUT2D eigenvalue weighted by atomic mass is 16.1. The van der Waals surface area contributed by atoms with Crippen molar-refractivity contribution < 1.29 is 4.79 Å². The zero-order valence-corrected chi connectivity index (χ0v) is 10.5. The minimum atomic E-state index is -0.00305. The van der Waals surface area contributed by atoms with Crippen molar-refractivity contribution in [2.75, 3.05) is 26.7 Å². The average molecular weight is 227 g/mol. The number of amides is 1. The van der Waals surface area contributed by atoms with Gasteiger partial charge in [0.2, 0.25) is 5.91 Å². The molecule has 1 amide bonds. The van der Waals surface area contributed by atoms with Crippen LogP contribution in [0.25, 0.3) is 0 Å². The molecule has 0 aromatic carbocycles. The van der Waals surface area contributed by atoms with Gasteiger partial charge in [-0.1, -0.05) is 13.3 Å². The van der Waals surface area contributed by atoms with Gasteiger partial charge in [0, 0.05) is 19.1 Å². The molecule has 0 aromatic heterocycles. The maximum atomic E-state index is 11.8. The van der Waals surface area contributed by atoms with Gasteiger partial charge in [0.15, 0.2) is 0 Å². The van der Waals surface area contributed by atoms with Crippen molar-refractivity contribution in [1.82, 2.24) is 10.2 Å². The Kier molecular flexibility index (Phi) is 5.77.